The number of hydrogen-bond donors (Lipinski definition) is 1. The maximum Gasteiger partial charge on any atom is 0.261 e. The monoisotopic (exact) mass is 396 g/mol. The standard InChI is InChI=1S/C21H20N2O6/c1-27-8-2-7-23-20(25)15-5-4-14(10-16(15)21(23)26)19(24)22-11-13-3-6-17-18(9-13)29-12-28-17/h3-6,9-10H,2,7-8,11-12H2,1H3,(H,22,24). The Hall–Kier alpha value is -3.39. The van der Waals surface area contributed by atoms with E-state index in [4.69, 9.17) is 14.2 Å². The zero-order valence-corrected chi connectivity index (χ0v) is 15.9. The van der Waals surface area contributed by atoms with E-state index in [2.05, 4.69) is 5.32 Å². The third-order valence-electron chi connectivity index (χ3n) is 4.85. The van der Waals surface area contributed by atoms with Crippen molar-refractivity contribution in [1.82, 2.24) is 10.2 Å². The molecule has 8 heteroatoms. The molecule has 0 spiro atoms. The van der Waals surface area contributed by atoms with Crippen LogP contribution in [0.5, 0.6) is 11.5 Å². The smallest absolute Gasteiger partial charge is 0.261 e. The van der Waals surface area contributed by atoms with Crippen molar-refractivity contribution >= 4 is 17.7 Å². The van der Waals surface area contributed by atoms with E-state index < -0.39 is 0 Å². The van der Waals surface area contributed by atoms with Crippen molar-refractivity contribution in [3.63, 3.8) is 0 Å². The number of benzene rings is 2. The van der Waals surface area contributed by atoms with Crippen molar-refractivity contribution < 1.29 is 28.6 Å². The Kier molecular flexibility index (Phi) is 5.18. The summed E-state index contributed by atoms with van der Waals surface area (Å²) in [6, 6.07) is 10.0. The van der Waals surface area contributed by atoms with Crippen LogP contribution >= 0.6 is 0 Å². The van der Waals surface area contributed by atoms with E-state index in [9.17, 15) is 14.4 Å². The fourth-order valence-corrected chi connectivity index (χ4v) is 3.34. The van der Waals surface area contributed by atoms with Crippen LogP contribution in [0.3, 0.4) is 0 Å². The van der Waals surface area contributed by atoms with Gasteiger partial charge in [0.1, 0.15) is 0 Å². The first kappa shape index (κ1) is 18.9. The normalized spacial score (nSPS) is 14.3. The number of nitrogens with one attached hydrogen (secondary N) is 1. The SMILES string of the molecule is COCCCN1C(=O)c2ccc(C(=O)NCc3ccc4c(c3)OCO4)cc2C1=O. The first-order valence-corrected chi connectivity index (χ1v) is 9.24. The van der Waals surface area contributed by atoms with E-state index in [0.717, 1.165) is 5.56 Å². The molecule has 150 valence electrons. The number of fused-ring (bicyclic) bond motifs is 2. The fourth-order valence-electron chi connectivity index (χ4n) is 3.34. The summed E-state index contributed by atoms with van der Waals surface area (Å²) in [7, 11) is 1.57. The van der Waals surface area contributed by atoms with Gasteiger partial charge in [-0.1, -0.05) is 6.07 Å². The van der Waals surface area contributed by atoms with E-state index in [1.165, 1.54) is 17.0 Å². The predicted molar refractivity (Wildman–Crippen MR) is 102 cm³/mol. The highest BCUT2D eigenvalue weighted by Crippen LogP contribution is 2.32. The lowest BCUT2D eigenvalue weighted by atomic mass is 10.1. The lowest BCUT2D eigenvalue weighted by Gasteiger charge is -2.12. The van der Waals surface area contributed by atoms with Crippen LogP contribution in [0.15, 0.2) is 36.4 Å². The minimum atomic E-state index is -0.383. The second-order valence-corrected chi connectivity index (χ2v) is 6.74. The molecule has 2 aromatic rings. The quantitative estimate of drug-likeness (QED) is 0.568. The number of ether oxygens (including phenoxy) is 3. The zero-order chi connectivity index (χ0) is 20.4. The number of imide groups is 1. The van der Waals surface area contributed by atoms with Crippen molar-refractivity contribution in [2.24, 2.45) is 0 Å². The van der Waals surface area contributed by atoms with Crippen molar-refractivity contribution in [2.75, 3.05) is 27.1 Å². The Balaban J connectivity index is 1.43. The van der Waals surface area contributed by atoms with Gasteiger partial charge in [-0.3, -0.25) is 19.3 Å². The van der Waals surface area contributed by atoms with Gasteiger partial charge in [0.15, 0.2) is 11.5 Å². The predicted octanol–water partition coefficient (Wildman–Crippen LogP) is 1.98. The average Bonchev–Trinajstić information content (AvgIpc) is 3.30. The molecule has 2 aliphatic rings. The van der Waals surface area contributed by atoms with Crippen molar-refractivity contribution in [3.8, 4) is 11.5 Å². The molecule has 0 atom stereocenters. The molecular weight excluding hydrogens is 376 g/mol. The van der Waals surface area contributed by atoms with Crippen LogP contribution in [0.1, 0.15) is 43.1 Å². The van der Waals surface area contributed by atoms with Crippen LogP contribution in [-0.4, -0.2) is 49.7 Å². The molecule has 2 heterocycles. The molecule has 0 unspecified atom stereocenters. The third-order valence-corrected chi connectivity index (χ3v) is 4.85. The lowest BCUT2D eigenvalue weighted by Crippen LogP contribution is -2.31. The molecule has 0 saturated carbocycles. The van der Waals surface area contributed by atoms with Crippen molar-refractivity contribution in [1.29, 1.82) is 0 Å². The number of carbonyl (C=O) groups is 3. The van der Waals surface area contributed by atoms with E-state index in [1.807, 2.05) is 12.1 Å². The minimum Gasteiger partial charge on any atom is -0.454 e. The van der Waals surface area contributed by atoms with Gasteiger partial charge in [-0.2, -0.15) is 0 Å². The molecule has 8 nitrogen and oxygen atoms in total. The zero-order valence-electron chi connectivity index (χ0n) is 15.9. The van der Waals surface area contributed by atoms with Gasteiger partial charge in [0.25, 0.3) is 17.7 Å². The number of amides is 3. The van der Waals surface area contributed by atoms with E-state index in [0.29, 0.717) is 42.2 Å². The van der Waals surface area contributed by atoms with Crippen molar-refractivity contribution in [3.05, 3.63) is 58.7 Å². The Morgan fingerprint density at radius 3 is 2.69 bits per heavy atom. The summed E-state index contributed by atoms with van der Waals surface area (Å²) in [5.74, 6) is 0.271. The summed E-state index contributed by atoms with van der Waals surface area (Å²) in [4.78, 5) is 38.7. The summed E-state index contributed by atoms with van der Waals surface area (Å²) in [6.07, 6.45) is 0.560. The van der Waals surface area contributed by atoms with Gasteiger partial charge >= 0.3 is 0 Å². The lowest BCUT2D eigenvalue weighted by molar-refractivity contribution is 0.0638. The number of nitrogens with zero attached hydrogens (tertiary/aromatic N) is 1. The van der Waals surface area contributed by atoms with Gasteiger partial charge in [-0.25, -0.2) is 0 Å². The second-order valence-electron chi connectivity index (χ2n) is 6.74. The summed E-state index contributed by atoms with van der Waals surface area (Å²) in [5, 5.41) is 2.82. The Bertz CT molecular complexity index is 987. The number of methoxy groups -OCH3 is 1. The summed E-state index contributed by atoms with van der Waals surface area (Å²) >= 11 is 0. The molecule has 29 heavy (non-hydrogen) atoms. The van der Waals surface area contributed by atoms with Crippen molar-refractivity contribution in [2.45, 2.75) is 13.0 Å². The highest BCUT2D eigenvalue weighted by Gasteiger charge is 2.35. The molecule has 3 amide bonds. The molecule has 0 fully saturated rings. The summed E-state index contributed by atoms with van der Waals surface area (Å²) in [5.41, 5.74) is 1.76. The Morgan fingerprint density at radius 2 is 1.86 bits per heavy atom. The van der Waals surface area contributed by atoms with Crippen LogP contribution < -0.4 is 14.8 Å². The van der Waals surface area contributed by atoms with Gasteiger partial charge in [0.05, 0.1) is 11.1 Å². The molecule has 0 radical (unpaired) electrons. The Morgan fingerprint density at radius 1 is 1.07 bits per heavy atom. The molecule has 0 bridgehead atoms. The maximum absolute atomic E-state index is 12.6. The molecule has 1 N–H and O–H groups in total. The van der Waals surface area contributed by atoms with Crippen LogP contribution in [-0.2, 0) is 11.3 Å². The van der Waals surface area contributed by atoms with Gasteiger partial charge in [0, 0.05) is 32.4 Å². The first-order chi connectivity index (χ1) is 14.1. The van der Waals surface area contributed by atoms with Gasteiger partial charge in [0.2, 0.25) is 6.79 Å². The largest absolute Gasteiger partial charge is 0.454 e. The number of hydrogen-bond acceptors (Lipinski definition) is 6. The summed E-state index contributed by atoms with van der Waals surface area (Å²) in [6.45, 7) is 1.23. The molecule has 2 aliphatic heterocycles. The van der Waals surface area contributed by atoms with Crippen LogP contribution in [0.25, 0.3) is 0 Å². The van der Waals surface area contributed by atoms with E-state index in [-0.39, 0.29) is 36.6 Å². The second kappa shape index (κ2) is 7.92. The first-order valence-electron chi connectivity index (χ1n) is 9.24. The molecular formula is C21H20N2O6. The van der Waals surface area contributed by atoms with Gasteiger partial charge in [-0.05, 0) is 42.3 Å². The van der Waals surface area contributed by atoms with Crippen LogP contribution in [0.2, 0.25) is 0 Å². The van der Waals surface area contributed by atoms with Crippen LogP contribution in [0, 0.1) is 0 Å². The number of carbonyl (C=O) groups excluding carboxylic acids is 3. The molecule has 2 aromatic carbocycles. The molecule has 0 aromatic heterocycles. The summed E-state index contributed by atoms with van der Waals surface area (Å²) < 4.78 is 15.6. The fraction of sp³-hybridized carbons (Fsp3) is 0.286. The third kappa shape index (κ3) is 3.66. The van der Waals surface area contributed by atoms with E-state index in [1.54, 1.807) is 19.2 Å². The average molecular weight is 396 g/mol. The topological polar surface area (TPSA) is 94.2 Å². The minimum absolute atomic E-state index is 0.190. The van der Waals surface area contributed by atoms with E-state index >= 15 is 0 Å². The highest BCUT2D eigenvalue weighted by molar-refractivity contribution is 6.22. The maximum atomic E-state index is 12.6. The molecule has 0 aliphatic carbocycles. The molecule has 4 rings (SSSR count). The van der Waals surface area contributed by atoms with Gasteiger partial charge < -0.3 is 19.5 Å². The molecule has 0 saturated heterocycles. The van der Waals surface area contributed by atoms with Crippen LogP contribution in [0.4, 0.5) is 0 Å². The Labute approximate surface area is 167 Å². The highest BCUT2D eigenvalue weighted by atomic mass is 16.7. The number of rotatable bonds is 7. The van der Waals surface area contributed by atoms with Gasteiger partial charge in [-0.15, -0.1) is 0 Å².